The summed E-state index contributed by atoms with van der Waals surface area (Å²) in [4.78, 5) is 12.1. The van der Waals surface area contributed by atoms with Crippen molar-refractivity contribution in [2.24, 2.45) is 0 Å². The van der Waals surface area contributed by atoms with Crippen LogP contribution in [-0.4, -0.2) is 28.9 Å². The maximum Gasteiger partial charge on any atom is 0.323 e. The van der Waals surface area contributed by atoms with Gasteiger partial charge in [-0.1, -0.05) is 13.0 Å². The highest BCUT2D eigenvalue weighted by Gasteiger charge is 2.31. The van der Waals surface area contributed by atoms with Gasteiger partial charge in [-0.15, -0.1) is 11.8 Å². The molecule has 0 aliphatic carbocycles. The second-order valence-corrected chi connectivity index (χ2v) is 5.79. The molecule has 1 atom stereocenters. The molecule has 0 aromatic heterocycles. The van der Waals surface area contributed by atoms with Crippen LogP contribution >= 0.6 is 11.8 Å². The van der Waals surface area contributed by atoms with Crippen LogP contribution in [0.3, 0.4) is 0 Å². The lowest BCUT2D eigenvalue weighted by Crippen LogP contribution is -2.50. The van der Waals surface area contributed by atoms with Crippen LogP contribution in [0.4, 0.5) is 4.39 Å². The Balaban J connectivity index is 2.50. The first-order valence-corrected chi connectivity index (χ1v) is 7.33. The molecule has 1 unspecified atom stereocenters. The van der Waals surface area contributed by atoms with Crippen LogP contribution < -0.4 is 5.32 Å². The summed E-state index contributed by atoms with van der Waals surface area (Å²) in [6, 6.07) is 6.34. The molecule has 0 saturated heterocycles. The third-order valence-corrected chi connectivity index (χ3v) is 3.90. The Hall–Kier alpha value is -1.07. The molecule has 2 N–H and O–H groups in total. The number of hydrogen-bond acceptors (Lipinski definition) is 3. The van der Waals surface area contributed by atoms with Gasteiger partial charge < -0.3 is 10.4 Å². The van der Waals surface area contributed by atoms with Gasteiger partial charge in [0.25, 0.3) is 0 Å². The summed E-state index contributed by atoms with van der Waals surface area (Å²) in [6.45, 7) is 4.36. The Morgan fingerprint density at radius 2 is 2.26 bits per heavy atom. The molecule has 19 heavy (non-hydrogen) atoms. The van der Waals surface area contributed by atoms with Crippen LogP contribution in [0.25, 0.3) is 0 Å². The number of benzene rings is 1. The number of rotatable bonds is 8. The molecule has 0 bridgehead atoms. The second kappa shape index (κ2) is 7.50. The van der Waals surface area contributed by atoms with Crippen LogP contribution in [-0.2, 0) is 4.79 Å². The smallest absolute Gasteiger partial charge is 0.323 e. The lowest BCUT2D eigenvalue weighted by atomic mass is 9.99. The molecule has 0 aliphatic heterocycles. The number of aliphatic carboxylic acids is 1. The number of hydrogen-bond donors (Lipinski definition) is 2. The van der Waals surface area contributed by atoms with Crippen molar-refractivity contribution in [3.63, 3.8) is 0 Å². The SMILES string of the molecule is CCCNC(C)(CCSc1cccc(F)c1)C(=O)O. The van der Waals surface area contributed by atoms with Crippen LogP contribution in [0.15, 0.2) is 29.2 Å². The molecule has 1 aromatic carbocycles. The van der Waals surface area contributed by atoms with Gasteiger partial charge >= 0.3 is 5.97 Å². The molecule has 0 fully saturated rings. The first kappa shape index (κ1) is 16.0. The number of carbonyl (C=O) groups is 1. The van der Waals surface area contributed by atoms with Crippen molar-refractivity contribution in [1.82, 2.24) is 5.32 Å². The summed E-state index contributed by atoms with van der Waals surface area (Å²) in [5, 5.41) is 12.3. The summed E-state index contributed by atoms with van der Waals surface area (Å²) in [5.41, 5.74) is -0.920. The van der Waals surface area contributed by atoms with Crippen LogP contribution in [0.1, 0.15) is 26.7 Å². The summed E-state index contributed by atoms with van der Waals surface area (Å²) >= 11 is 1.47. The number of thioether (sulfide) groups is 1. The fourth-order valence-electron chi connectivity index (χ4n) is 1.60. The van der Waals surface area contributed by atoms with Gasteiger partial charge in [0.05, 0.1) is 0 Å². The van der Waals surface area contributed by atoms with Gasteiger partial charge in [-0.2, -0.15) is 0 Å². The topological polar surface area (TPSA) is 49.3 Å². The highest BCUT2D eigenvalue weighted by Crippen LogP contribution is 2.22. The van der Waals surface area contributed by atoms with Crippen molar-refractivity contribution in [1.29, 1.82) is 0 Å². The number of nitrogens with one attached hydrogen (secondary N) is 1. The van der Waals surface area contributed by atoms with Crippen molar-refractivity contribution >= 4 is 17.7 Å². The van der Waals surface area contributed by atoms with E-state index in [9.17, 15) is 14.3 Å². The van der Waals surface area contributed by atoms with Crippen molar-refractivity contribution < 1.29 is 14.3 Å². The number of carboxylic acid groups (broad SMARTS) is 1. The van der Waals surface area contributed by atoms with Gasteiger partial charge in [0, 0.05) is 10.6 Å². The van der Waals surface area contributed by atoms with Crippen molar-refractivity contribution in [2.75, 3.05) is 12.3 Å². The maximum atomic E-state index is 13.0. The summed E-state index contributed by atoms with van der Waals surface area (Å²) in [6.07, 6.45) is 1.38. The average Bonchev–Trinajstić information content (AvgIpc) is 2.36. The Bertz CT molecular complexity index is 428. The zero-order chi connectivity index (χ0) is 14.3. The predicted molar refractivity (Wildman–Crippen MR) is 76.1 cm³/mol. The molecule has 106 valence electrons. The zero-order valence-electron chi connectivity index (χ0n) is 11.3. The van der Waals surface area contributed by atoms with Crippen LogP contribution in [0.2, 0.25) is 0 Å². The summed E-state index contributed by atoms with van der Waals surface area (Å²) < 4.78 is 13.0. The quantitative estimate of drug-likeness (QED) is 0.720. The van der Waals surface area contributed by atoms with E-state index in [1.165, 1.54) is 23.9 Å². The van der Waals surface area contributed by atoms with Gasteiger partial charge in [-0.05, 0) is 44.5 Å². The Labute approximate surface area is 117 Å². The Kier molecular flexibility index (Phi) is 6.31. The third-order valence-electron chi connectivity index (χ3n) is 2.90. The standard InChI is InChI=1S/C14H20FNO2S/c1-3-8-16-14(2,13(17)18)7-9-19-12-6-4-5-11(15)10-12/h4-6,10,16H,3,7-9H2,1-2H3,(H,17,18). The Morgan fingerprint density at radius 3 is 2.84 bits per heavy atom. The van der Waals surface area contributed by atoms with E-state index in [1.54, 1.807) is 13.0 Å². The summed E-state index contributed by atoms with van der Waals surface area (Å²) in [5.74, 6) is -0.487. The largest absolute Gasteiger partial charge is 0.480 e. The van der Waals surface area contributed by atoms with E-state index >= 15 is 0 Å². The fourth-order valence-corrected chi connectivity index (χ4v) is 2.72. The lowest BCUT2D eigenvalue weighted by molar-refractivity contribution is -0.144. The predicted octanol–water partition coefficient (Wildman–Crippen LogP) is 3.15. The third kappa shape index (κ3) is 5.20. The van der Waals surface area contributed by atoms with Gasteiger partial charge in [-0.3, -0.25) is 4.79 Å². The van der Waals surface area contributed by atoms with E-state index in [-0.39, 0.29) is 5.82 Å². The molecule has 3 nitrogen and oxygen atoms in total. The Morgan fingerprint density at radius 1 is 1.53 bits per heavy atom. The maximum absolute atomic E-state index is 13.0. The molecular weight excluding hydrogens is 265 g/mol. The zero-order valence-corrected chi connectivity index (χ0v) is 12.1. The monoisotopic (exact) mass is 285 g/mol. The van der Waals surface area contributed by atoms with E-state index in [1.807, 2.05) is 13.0 Å². The minimum atomic E-state index is -0.920. The van der Waals surface area contributed by atoms with Crippen molar-refractivity contribution in [2.45, 2.75) is 37.1 Å². The van der Waals surface area contributed by atoms with Crippen molar-refractivity contribution in [3.8, 4) is 0 Å². The average molecular weight is 285 g/mol. The van der Waals surface area contributed by atoms with E-state index in [2.05, 4.69) is 5.32 Å². The van der Waals surface area contributed by atoms with E-state index < -0.39 is 11.5 Å². The normalized spacial score (nSPS) is 14.1. The minimum absolute atomic E-state index is 0.268. The van der Waals surface area contributed by atoms with Crippen LogP contribution in [0, 0.1) is 5.82 Å². The molecule has 0 amide bonds. The van der Waals surface area contributed by atoms with Crippen molar-refractivity contribution in [3.05, 3.63) is 30.1 Å². The van der Waals surface area contributed by atoms with E-state index in [0.29, 0.717) is 18.7 Å². The summed E-state index contributed by atoms with van der Waals surface area (Å²) in [7, 11) is 0. The minimum Gasteiger partial charge on any atom is -0.480 e. The lowest BCUT2D eigenvalue weighted by Gasteiger charge is -2.26. The van der Waals surface area contributed by atoms with Gasteiger partial charge in [0.15, 0.2) is 0 Å². The van der Waals surface area contributed by atoms with Crippen LogP contribution in [0.5, 0.6) is 0 Å². The van der Waals surface area contributed by atoms with E-state index in [4.69, 9.17) is 0 Å². The molecule has 5 heteroatoms. The number of carboxylic acids is 1. The second-order valence-electron chi connectivity index (χ2n) is 4.62. The molecular formula is C14H20FNO2S. The van der Waals surface area contributed by atoms with Gasteiger partial charge in [0.2, 0.25) is 0 Å². The van der Waals surface area contributed by atoms with E-state index in [0.717, 1.165) is 11.3 Å². The molecule has 0 radical (unpaired) electrons. The molecule has 0 aliphatic rings. The first-order chi connectivity index (χ1) is 8.98. The molecule has 0 heterocycles. The highest BCUT2D eigenvalue weighted by atomic mass is 32.2. The highest BCUT2D eigenvalue weighted by molar-refractivity contribution is 7.99. The molecule has 0 saturated carbocycles. The molecule has 1 rings (SSSR count). The van der Waals surface area contributed by atoms with Gasteiger partial charge in [-0.25, -0.2) is 4.39 Å². The first-order valence-electron chi connectivity index (χ1n) is 6.35. The molecule has 0 spiro atoms. The molecule has 1 aromatic rings. The van der Waals surface area contributed by atoms with Gasteiger partial charge in [0.1, 0.15) is 11.4 Å². The number of halogens is 1. The fraction of sp³-hybridized carbons (Fsp3) is 0.500.